The monoisotopic (exact) mass is 469 g/mol. The van der Waals surface area contributed by atoms with Gasteiger partial charge in [0.1, 0.15) is 5.25 Å². The number of rotatable bonds is 16. The minimum Gasteiger partial charge on any atom is -0.550 e. The molecule has 0 fully saturated rings. The Kier molecular flexibility index (Phi) is 30.1. The fourth-order valence-electron chi connectivity index (χ4n) is 2.43. The largest absolute Gasteiger partial charge is 1.00 e. The van der Waals surface area contributed by atoms with Gasteiger partial charge in [-0.3, -0.25) is 9.35 Å². The number of amides is 1. The van der Waals surface area contributed by atoms with Gasteiger partial charge in [0, 0.05) is 18.8 Å². The number of aliphatic carboxylic acids is 2. The van der Waals surface area contributed by atoms with Crippen molar-refractivity contribution in [2.24, 2.45) is 5.73 Å². The molecule has 0 aromatic rings. The summed E-state index contributed by atoms with van der Waals surface area (Å²) in [5.74, 6) is -4.24. The van der Waals surface area contributed by atoms with E-state index in [2.05, 4.69) is 6.92 Å². The standard InChI is InChI=1S/C14H29NO.C4H6O7S.2Na/c1-2-3-4-5-6-7-8-9-10-11-12-13-14(15)16;5-3(6)1-2(4(7)8)12(9,10)11;;/h2-13H2,1H3,(H2,15,16);2H,1H2,(H,5,6)(H,7,8)(H,9,10,11);;/q;;2*+1/p-2. The number of primary amides is 1. The molecule has 0 bridgehead atoms. The fourth-order valence-corrected chi connectivity index (χ4v) is 3.01. The fraction of sp³-hybridized carbons (Fsp3) is 0.833. The van der Waals surface area contributed by atoms with Crippen LogP contribution in [0, 0.1) is 0 Å². The maximum absolute atomic E-state index is 10.5. The van der Waals surface area contributed by atoms with E-state index in [1.54, 1.807) is 0 Å². The quantitative estimate of drug-likeness (QED) is 0.128. The molecule has 0 saturated carbocycles. The summed E-state index contributed by atoms with van der Waals surface area (Å²) in [5, 5.41) is 17.3. The van der Waals surface area contributed by atoms with E-state index in [-0.39, 0.29) is 65.0 Å². The number of hydrogen-bond acceptors (Lipinski definition) is 7. The van der Waals surface area contributed by atoms with E-state index in [0.29, 0.717) is 6.42 Å². The molecule has 0 aliphatic carbocycles. The molecule has 0 aromatic carbocycles. The second-order valence-corrected chi connectivity index (χ2v) is 8.25. The van der Waals surface area contributed by atoms with E-state index in [4.69, 9.17) is 10.3 Å². The molecule has 30 heavy (non-hydrogen) atoms. The summed E-state index contributed by atoms with van der Waals surface area (Å²) in [4.78, 5) is 30.2. The number of unbranched alkanes of at least 4 members (excludes halogenated alkanes) is 10. The van der Waals surface area contributed by atoms with Crippen molar-refractivity contribution in [1.82, 2.24) is 0 Å². The van der Waals surface area contributed by atoms with Crippen molar-refractivity contribution in [3.8, 4) is 0 Å². The summed E-state index contributed by atoms with van der Waals surface area (Å²) in [5.41, 5.74) is 5.07. The molecule has 0 rings (SSSR count). The summed E-state index contributed by atoms with van der Waals surface area (Å²) in [6.07, 6.45) is 13.7. The zero-order valence-electron chi connectivity index (χ0n) is 18.6. The van der Waals surface area contributed by atoms with Gasteiger partial charge in [-0.15, -0.1) is 0 Å². The SMILES string of the molecule is CCCCCCCCCCCCCC(N)=O.O=C([O-])CC(C(=O)[O-])S(=O)(=O)O.[Na+].[Na+]. The molecule has 9 nitrogen and oxygen atoms in total. The van der Waals surface area contributed by atoms with Gasteiger partial charge in [0.2, 0.25) is 5.91 Å². The predicted octanol–water partition coefficient (Wildman–Crippen LogP) is -5.69. The van der Waals surface area contributed by atoms with Gasteiger partial charge in [-0.25, -0.2) is 0 Å². The maximum Gasteiger partial charge on any atom is 1.00 e. The molecule has 166 valence electrons. The summed E-state index contributed by atoms with van der Waals surface area (Å²) in [6.45, 7) is 2.26. The van der Waals surface area contributed by atoms with Gasteiger partial charge < -0.3 is 25.5 Å². The van der Waals surface area contributed by atoms with Gasteiger partial charge >= 0.3 is 59.1 Å². The number of hydrogen-bond donors (Lipinski definition) is 2. The summed E-state index contributed by atoms with van der Waals surface area (Å²) >= 11 is 0. The Morgan fingerprint density at radius 2 is 1.20 bits per heavy atom. The van der Waals surface area contributed by atoms with Gasteiger partial charge in [0.15, 0.2) is 0 Å². The zero-order valence-corrected chi connectivity index (χ0v) is 23.4. The minimum absolute atomic E-state index is 0. The third kappa shape index (κ3) is 28.3. The number of nitrogens with two attached hydrogens (primary N) is 1. The van der Waals surface area contributed by atoms with Crippen LogP contribution in [0.2, 0.25) is 0 Å². The van der Waals surface area contributed by atoms with Crippen molar-refractivity contribution in [3.63, 3.8) is 0 Å². The van der Waals surface area contributed by atoms with Gasteiger partial charge in [-0.2, -0.15) is 8.42 Å². The van der Waals surface area contributed by atoms with Crippen molar-refractivity contribution in [2.45, 2.75) is 95.6 Å². The van der Waals surface area contributed by atoms with Crippen LogP contribution in [0.5, 0.6) is 0 Å². The van der Waals surface area contributed by atoms with Crippen molar-refractivity contribution >= 4 is 28.0 Å². The molecule has 1 amide bonds. The van der Waals surface area contributed by atoms with Crippen LogP contribution in [0.15, 0.2) is 0 Å². The molecule has 0 spiro atoms. The average Bonchev–Trinajstić information content (AvgIpc) is 2.56. The van der Waals surface area contributed by atoms with Crippen LogP contribution < -0.4 is 75.1 Å². The molecule has 0 aliphatic heterocycles. The molecule has 0 heterocycles. The van der Waals surface area contributed by atoms with Gasteiger partial charge in [-0.05, 0) is 6.42 Å². The third-order valence-corrected chi connectivity index (χ3v) is 5.08. The van der Waals surface area contributed by atoms with Crippen LogP contribution in [0.25, 0.3) is 0 Å². The third-order valence-electron chi connectivity index (χ3n) is 4.00. The van der Waals surface area contributed by atoms with Crippen LogP contribution in [-0.4, -0.2) is 36.1 Å². The Morgan fingerprint density at radius 3 is 1.43 bits per heavy atom. The van der Waals surface area contributed by atoms with Crippen LogP contribution in [-0.2, 0) is 24.5 Å². The van der Waals surface area contributed by atoms with E-state index < -0.39 is 33.7 Å². The first kappa shape index (κ1) is 37.6. The first-order valence-electron chi connectivity index (χ1n) is 9.67. The van der Waals surface area contributed by atoms with Gasteiger partial charge in [0.05, 0.1) is 5.97 Å². The first-order valence-corrected chi connectivity index (χ1v) is 11.2. The second-order valence-electron chi connectivity index (χ2n) is 6.65. The molecule has 12 heteroatoms. The Bertz CT molecular complexity index is 558. The average molecular weight is 470 g/mol. The minimum atomic E-state index is -4.94. The number of carbonyl (C=O) groups excluding carboxylic acids is 3. The van der Waals surface area contributed by atoms with E-state index in [9.17, 15) is 33.0 Å². The van der Waals surface area contributed by atoms with E-state index in [1.807, 2.05) is 0 Å². The van der Waals surface area contributed by atoms with Crippen molar-refractivity contribution < 1.29 is 96.7 Å². The molecule has 0 aliphatic rings. The molecule has 1 atom stereocenters. The van der Waals surface area contributed by atoms with Gasteiger partial charge in [0.25, 0.3) is 10.1 Å². The van der Waals surface area contributed by atoms with E-state index in [1.165, 1.54) is 64.2 Å². The smallest absolute Gasteiger partial charge is 0.550 e. The van der Waals surface area contributed by atoms with Crippen molar-refractivity contribution in [3.05, 3.63) is 0 Å². The Hall–Kier alpha value is 0.320. The van der Waals surface area contributed by atoms with Crippen LogP contribution in [0.3, 0.4) is 0 Å². The van der Waals surface area contributed by atoms with Crippen LogP contribution in [0.1, 0.15) is 90.4 Å². The second kappa shape index (κ2) is 24.0. The summed E-state index contributed by atoms with van der Waals surface area (Å²) < 4.78 is 28.5. The number of carboxylic acid groups (broad SMARTS) is 2. The molecule has 0 aromatic heterocycles. The van der Waals surface area contributed by atoms with Crippen molar-refractivity contribution in [1.29, 1.82) is 0 Å². The Balaban J connectivity index is -0.000000219. The normalized spacial score (nSPS) is 11.1. The zero-order chi connectivity index (χ0) is 22.0. The molecule has 0 saturated heterocycles. The van der Waals surface area contributed by atoms with Crippen LogP contribution >= 0.6 is 0 Å². The van der Waals surface area contributed by atoms with E-state index >= 15 is 0 Å². The van der Waals surface area contributed by atoms with Crippen molar-refractivity contribution in [2.75, 3.05) is 0 Å². The Labute approximate surface area is 224 Å². The molecule has 0 radical (unpaired) electrons. The summed E-state index contributed by atoms with van der Waals surface area (Å²) in [7, 11) is -4.94. The topological polar surface area (TPSA) is 178 Å². The first-order chi connectivity index (χ1) is 13.0. The van der Waals surface area contributed by atoms with Gasteiger partial charge in [-0.1, -0.05) is 71.1 Å². The maximum atomic E-state index is 10.5. The predicted molar refractivity (Wildman–Crippen MR) is 100 cm³/mol. The molecular formula is C18H33NNa2O8S. The molecular weight excluding hydrogens is 436 g/mol. The van der Waals surface area contributed by atoms with E-state index in [0.717, 1.165) is 6.42 Å². The number of carboxylic acids is 2. The molecule has 3 N–H and O–H groups in total. The number of carbonyl (C=O) groups is 3. The summed E-state index contributed by atoms with van der Waals surface area (Å²) in [6, 6.07) is 0. The van der Waals surface area contributed by atoms with Crippen LogP contribution in [0.4, 0.5) is 0 Å². The Morgan fingerprint density at radius 1 is 0.833 bits per heavy atom. The molecule has 1 unspecified atom stereocenters.